The molecule has 0 amide bonds. The second-order valence-electron chi connectivity index (χ2n) is 3.46. The Morgan fingerprint density at radius 1 is 1.14 bits per heavy atom. The van der Waals surface area contributed by atoms with Gasteiger partial charge in [-0.25, -0.2) is 0 Å². The van der Waals surface area contributed by atoms with Crippen molar-refractivity contribution in [1.82, 2.24) is 0 Å². The van der Waals surface area contributed by atoms with Crippen molar-refractivity contribution in [2.24, 2.45) is 0 Å². The van der Waals surface area contributed by atoms with Crippen LogP contribution in [0.5, 0.6) is 0 Å². The molecule has 0 saturated carbocycles. The molecule has 2 aromatic carbocycles. The van der Waals surface area contributed by atoms with Gasteiger partial charge in [-0.2, -0.15) is 0 Å². The topological polar surface area (TPSA) is 3.24 Å². The van der Waals surface area contributed by atoms with Crippen molar-refractivity contribution in [1.29, 1.82) is 0 Å². The molecule has 0 heterocycles. The number of anilines is 1. The molecule has 0 bridgehead atoms. The summed E-state index contributed by atoms with van der Waals surface area (Å²) in [5.41, 5.74) is 2.59. The van der Waals surface area contributed by atoms with Crippen molar-refractivity contribution >= 4 is 39.3 Å². The Hall–Kier alpha value is -0.770. The number of aryl methyl sites for hydroxylation is 1. The standard InChI is InChI=1S/C12H12IN/c1-9-7-11(14(2)13)8-10-5-3-4-6-12(9)10/h3-8H,1-2H3. The van der Waals surface area contributed by atoms with Crippen molar-refractivity contribution in [3.63, 3.8) is 0 Å². The summed E-state index contributed by atoms with van der Waals surface area (Å²) in [5, 5.41) is 2.65. The van der Waals surface area contributed by atoms with Crippen LogP contribution in [0, 0.1) is 6.92 Å². The summed E-state index contributed by atoms with van der Waals surface area (Å²) in [6.45, 7) is 2.16. The van der Waals surface area contributed by atoms with Crippen LogP contribution in [0.15, 0.2) is 36.4 Å². The molecule has 0 atom stereocenters. The van der Waals surface area contributed by atoms with E-state index in [1.165, 1.54) is 22.0 Å². The van der Waals surface area contributed by atoms with Gasteiger partial charge in [0.1, 0.15) is 0 Å². The molecule has 0 aromatic heterocycles. The van der Waals surface area contributed by atoms with E-state index in [4.69, 9.17) is 0 Å². The zero-order valence-electron chi connectivity index (χ0n) is 8.29. The summed E-state index contributed by atoms with van der Waals surface area (Å²) in [7, 11) is 2.06. The first-order valence-electron chi connectivity index (χ1n) is 4.57. The van der Waals surface area contributed by atoms with Gasteiger partial charge in [-0.05, 0) is 35.4 Å². The first kappa shape index (κ1) is 9.77. The fourth-order valence-corrected chi connectivity index (χ4v) is 1.94. The highest BCUT2D eigenvalue weighted by atomic mass is 127. The van der Waals surface area contributed by atoms with Crippen LogP contribution in [0.3, 0.4) is 0 Å². The van der Waals surface area contributed by atoms with Crippen LogP contribution in [0.1, 0.15) is 5.56 Å². The minimum atomic E-state index is 1.25. The molecule has 0 aliphatic rings. The van der Waals surface area contributed by atoms with Crippen LogP contribution in [-0.4, -0.2) is 7.05 Å². The first-order valence-corrected chi connectivity index (χ1v) is 5.54. The molecular formula is C12H12IN. The van der Waals surface area contributed by atoms with E-state index in [1.54, 1.807) is 0 Å². The average Bonchev–Trinajstić information content (AvgIpc) is 2.17. The van der Waals surface area contributed by atoms with Gasteiger partial charge in [-0.15, -0.1) is 0 Å². The SMILES string of the molecule is Cc1cc(N(C)I)cc2ccccc12. The van der Waals surface area contributed by atoms with E-state index in [2.05, 4.69) is 76.3 Å². The predicted octanol–water partition coefficient (Wildman–Crippen LogP) is 3.93. The summed E-state index contributed by atoms with van der Waals surface area (Å²) in [6.07, 6.45) is 0. The fourth-order valence-electron chi connectivity index (χ4n) is 1.66. The fraction of sp³-hybridized carbons (Fsp3) is 0.167. The Bertz CT molecular complexity index is 463. The van der Waals surface area contributed by atoms with Gasteiger partial charge in [0.15, 0.2) is 0 Å². The Balaban J connectivity index is 2.72. The third kappa shape index (κ3) is 1.71. The minimum Gasteiger partial charge on any atom is -0.318 e. The molecule has 0 N–H and O–H groups in total. The number of benzene rings is 2. The number of nitrogens with zero attached hydrogens (tertiary/aromatic N) is 1. The number of fused-ring (bicyclic) bond motifs is 1. The lowest BCUT2D eigenvalue weighted by molar-refractivity contribution is 1.40. The van der Waals surface area contributed by atoms with E-state index < -0.39 is 0 Å². The smallest absolute Gasteiger partial charge is 0.0588 e. The van der Waals surface area contributed by atoms with Gasteiger partial charge >= 0.3 is 0 Å². The largest absolute Gasteiger partial charge is 0.318 e. The van der Waals surface area contributed by atoms with Crippen LogP contribution in [0.25, 0.3) is 10.8 Å². The lowest BCUT2D eigenvalue weighted by Gasteiger charge is -2.12. The van der Waals surface area contributed by atoms with E-state index in [-0.39, 0.29) is 0 Å². The van der Waals surface area contributed by atoms with Crippen molar-refractivity contribution in [3.05, 3.63) is 42.0 Å². The van der Waals surface area contributed by atoms with E-state index in [9.17, 15) is 0 Å². The molecule has 0 spiro atoms. The van der Waals surface area contributed by atoms with Crippen molar-refractivity contribution < 1.29 is 0 Å². The summed E-state index contributed by atoms with van der Waals surface area (Å²) in [4.78, 5) is 0. The first-order chi connectivity index (χ1) is 6.68. The molecule has 0 fully saturated rings. The Labute approximate surface area is 98.2 Å². The number of hydrogen-bond acceptors (Lipinski definition) is 1. The van der Waals surface area contributed by atoms with Gasteiger partial charge in [0.05, 0.1) is 22.9 Å². The highest BCUT2D eigenvalue weighted by molar-refractivity contribution is 14.1. The molecule has 2 rings (SSSR count). The summed E-state index contributed by atoms with van der Waals surface area (Å²) >= 11 is 2.29. The highest BCUT2D eigenvalue weighted by Crippen LogP contribution is 2.26. The Kier molecular flexibility index (Phi) is 2.63. The zero-order chi connectivity index (χ0) is 10.1. The minimum absolute atomic E-state index is 1.25. The zero-order valence-corrected chi connectivity index (χ0v) is 10.4. The van der Waals surface area contributed by atoms with E-state index in [1.807, 2.05) is 0 Å². The molecule has 0 unspecified atom stereocenters. The summed E-state index contributed by atoms with van der Waals surface area (Å²) < 4.78 is 2.11. The van der Waals surface area contributed by atoms with Gasteiger partial charge in [-0.1, -0.05) is 24.3 Å². The van der Waals surface area contributed by atoms with E-state index >= 15 is 0 Å². The van der Waals surface area contributed by atoms with Crippen LogP contribution in [0.2, 0.25) is 0 Å². The van der Waals surface area contributed by atoms with E-state index in [0.29, 0.717) is 0 Å². The number of hydrogen-bond donors (Lipinski definition) is 0. The Morgan fingerprint density at radius 2 is 1.86 bits per heavy atom. The molecule has 2 aromatic rings. The number of rotatable bonds is 1. The maximum absolute atomic E-state index is 2.29. The van der Waals surface area contributed by atoms with Gasteiger partial charge in [0.2, 0.25) is 0 Å². The van der Waals surface area contributed by atoms with E-state index in [0.717, 1.165) is 0 Å². The van der Waals surface area contributed by atoms with Gasteiger partial charge in [0.25, 0.3) is 0 Å². The lowest BCUT2D eigenvalue weighted by Crippen LogP contribution is -1.99. The van der Waals surface area contributed by atoms with Gasteiger partial charge in [0, 0.05) is 12.7 Å². The quantitative estimate of drug-likeness (QED) is 0.569. The van der Waals surface area contributed by atoms with Crippen LogP contribution >= 0.6 is 22.9 Å². The van der Waals surface area contributed by atoms with Crippen LogP contribution in [0.4, 0.5) is 5.69 Å². The lowest BCUT2D eigenvalue weighted by atomic mass is 10.0. The summed E-state index contributed by atoms with van der Waals surface area (Å²) in [5.74, 6) is 0. The highest BCUT2D eigenvalue weighted by Gasteiger charge is 2.01. The molecule has 0 radical (unpaired) electrons. The molecule has 1 nitrogen and oxygen atoms in total. The maximum Gasteiger partial charge on any atom is 0.0588 e. The second-order valence-corrected chi connectivity index (χ2v) is 4.91. The number of halogens is 1. The molecule has 0 aliphatic heterocycles. The van der Waals surface area contributed by atoms with Crippen LogP contribution in [-0.2, 0) is 0 Å². The monoisotopic (exact) mass is 297 g/mol. The van der Waals surface area contributed by atoms with Crippen LogP contribution < -0.4 is 3.11 Å². The maximum atomic E-state index is 2.29. The molecule has 0 aliphatic carbocycles. The molecular weight excluding hydrogens is 285 g/mol. The van der Waals surface area contributed by atoms with Crippen molar-refractivity contribution in [2.75, 3.05) is 10.2 Å². The third-order valence-corrected chi connectivity index (χ3v) is 2.97. The molecule has 0 saturated heterocycles. The third-order valence-electron chi connectivity index (χ3n) is 2.41. The average molecular weight is 297 g/mol. The second kappa shape index (κ2) is 3.77. The summed E-state index contributed by atoms with van der Waals surface area (Å²) in [6, 6.07) is 12.9. The van der Waals surface area contributed by atoms with Gasteiger partial charge < -0.3 is 3.11 Å². The van der Waals surface area contributed by atoms with Crippen molar-refractivity contribution in [2.45, 2.75) is 6.92 Å². The Morgan fingerprint density at radius 3 is 2.57 bits per heavy atom. The molecule has 72 valence electrons. The predicted molar refractivity (Wildman–Crippen MR) is 71.1 cm³/mol. The van der Waals surface area contributed by atoms with Gasteiger partial charge in [-0.3, -0.25) is 0 Å². The molecule has 2 heteroatoms. The molecule has 14 heavy (non-hydrogen) atoms. The normalized spacial score (nSPS) is 10.5. The van der Waals surface area contributed by atoms with Crippen molar-refractivity contribution in [3.8, 4) is 0 Å².